The van der Waals surface area contributed by atoms with Gasteiger partial charge in [-0.25, -0.2) is 17.6 Å². The fraction of sp³-hybridized carbons (Fsp3) is 0.143. The maximum atomic E-state index is 15.9. The van der Waals surface area contributed by atoms with Gasteiger partial charge >= 0.3 is 0 Å². The predicted octanol–water partition coefficient (Wildman–Crippen LogP) is 26.0. The van der Waals surface area contributed by atoms with Gasteiger partial charge in [-0.15, -0.1) is 0 Å². The summed E-state index contributed by atoms with van der Waals surface area (Å²) in [7, 11) is 0. The molecule has 4 nitrogen and oxygen atoms in total. The largest absolute Gasteiger partial charge is 0.457 e. The van der Waals surface area contributed by atoms with E-state index < -0.39 is 34.1 Å². The highest BCUT2D eigenvalue weighted by molar-refractivity contribution is 5.92. The van der Waals surface area contributed by atoms with Gasteiger partial charge in [-0.2, -0.15) is 0 Å². The Hall–Kier alpha value is -12.0. The summed E-state index contributed by atoms with van der Waals surface area (Å²) in [5.74, 6) is -0.727. The average molecular weight is 1390 g/mol. The van der Waals surface area contributed by atoms with E-state index in [2.05, 4.69) is 248 Å². The fourth-order valence-electron chi connectivity index (χ4n) is 16.9. The van der Waals surface area contributed by atoms with Crippen molar-refractivity contribution >= 4 is 34.1 Å². The summed E-state index contributed by atoms with van der Waals surface area (Å²) >= 11 is 0. The summed E-state index contributed by atoms with van der Waals surface area (Å²) in [6.45, 7) is 13.4. The van der Waals surface area contributed by atoms with Crippen LogP contribution in [-0.2, 0) is 47.3 Å². The monoisotopic (exact) mass is 1390 g/mol. The van der Waals surface area contributed by atoms with Gasteiger partial charge in [0, 0.05) is 46.3 Å². The summed E-state index contributed by atoms with van der Waals surface area (Å²) in [5, 5.41) is 0. The molecule has 518 valence electrons. The van der Waals surface area contributed by atoms with Crippen molar-refractivity contribution in [2.24, 2.45) is 0 Å². The minimum absolute atomic E-state index is 0.0934. The predicted molar refractivity (Wildman–Crippen MR) is 421 cm³/mol. The number of aryl methyl sites for hydroxylation is 4. The molecule has 0 bridgehead atoms. The van der Waals surface area contributed by atoms with Crippen molar-refractivity contribution < 1.29 is 27.0 Å². The van der Waals surface area contributed by atoms with E-state index in [4.69, 9.17) is 9.47 Å². The number of nitrogens with zero attached hydrogens (tertiary/aromatic N) is 2. The Balaban J connectivity index is 0.723. The Bertz CT molecular complexity index is 5420. The molecule has 0 saturated heterocycles. The van der Waals surface area contributed by atoms with Gasteiger partial charge in [0.05, 0.1) is 10.8 Å². The van der Waals surface area contributed by atoms with Crippen LogP contribution in [-0.4, -0.2) is 0 Å². The molecule has 0 fully saturated rings. The maximum Gasteiger partial charge on any atom is 0.160 e. The zero-order valence-electron chi connectivity index (χ0n) is 59.9. The molecule has 4 aliphatic carbocycles. The van der Waals surface area contributed by atoms with E-state index in [9.17, 15) is 0 Å². The van der Waals surface area contributed by atoms with Gasteiger partial charge in [0.15, 0.2) is 23.3 Å². The van der Waals surface area contributed by atoms with E-state index in [1.165, 1.54) is 57.6 Å². The minimum Gasteiger partial charge on any atom is -0.457 e. The molecular weight excluding hydrogens is 1310 g/mol. The molecule has 106 heavy (non-hydrogen) atoms. The first-order chi connectivity index (χ1) is 51.4. The van der Waals surface area contributed by atoms with E-state index in [1.54, 1.807) is 12.1 Å². The van der Waals surface area contributed by atoms with Crippen LogP contribution in [0.15, 0.2) is 303 Å². The second-order valence-electron chi connectivity index (χ2n) is 30.8. The lowest BCUT2D eigenvalue weighted by Crippen LogP contribution is -2.29. The lowest BCUT2D eigenvalue weighted by atomic mass is 9.67. The average Bonchev–Trinajstić information content (AvgIpc) is 1.54. The van der Waals surface area contributed by atoms with Crippen LogP contribution in [0.3, 0.4) is 0 Å². The molecule has 0 spiro atoms. The van der Waals surface area contributed by atoms with Gasteiger partial charge in [-0.3, -0.25) is 0 Å². The molecule has 0 heterocycles. The van der Waals surface area contributed by atoms with Gasteiger partial charge < -0.3 is 19.3 Å². The smallest absolute Gasteiger partial charge is 0.160 e. The summed E-state index contributed by atoms with van der Waals surface area (Å²) in [6.07, 6.45) is 4.31. The van der Waals surface area contributed by atoms with Crippen LogP contribution in [0.5, 0.6) is 23.0 Å². The first kappa shape index (κ1) is 66.0. The number of ether oxygens (including phenoxy) is 2. The van der Waals surface area contributed by atoms with Crippen LogP contribution in [0.1, 0.15) is 119 Å². The lowest BCUT2D eigenvalue weighted by molar-refractivity contribution is 0.480. The van der Waals surface area contributed by atoms with Crippen LogP contribution < -0.4 is 19.3 Å². The molecule has 0 saturated carbocycles. The zero-order chi connectivity index (χ0) is 72.4. The first-order valence-electron chi connectivity index (χ1n) is 36.6. The van der Waals surface area contributed by atoms with Crippen LogP contribution in [0.25, 0.3) is 33.4 Å². The second kappa shape index (κ2) is 25.4. The Morgan fingerprint density at radius 2 is 0.575 bits per heavy atom. The van der Waals surface area contributed by atoms with E-state index in [1.807, 2.05) is 70.5 Å². The third kappa shape index (κ3) is 11.1. The minimum atomic E-state index is -0.966. The number of benzene rings is 14. The molecule has 18 rings (SSSR count). The van der Waals surface area contributed by atoms with Crippen LogP contribution in [0.2, 0.25) is 0 Å². The van der Waals surface area contributed by atoms with E-state index >= 15 is 17.6 Å². The number of rotatable bonds is 15. The summed E-state index contributed by atoms with van der Waals surface area (Å²) < 4.78 is 75.1. The SMILES string of the molecule is CC(C)(C)c1ccc(C2(c3ccc(Oc4ccc5c(c4)CC5)cc3)c3ccccc3-c3ccc(N(c4ccc(-c5ccc(N(c6ccc(F)c(F)c6)c6ccc7c(c6)C(c6ccc(Oc8ccc9c(c8)CC9)cc6)(c6ccc(C(C)(C)C)cc6)c6ccccc6-7)cc5)cc4)c4ccc(F)c(F)c4)cc32)cc1. The van der Waals surface area contributed by atoms with Crippen molar-refractivity contribution in [3.8, 4) is 56.4 Å². The Kier molecular flexibility index (Phi) is 15.8. The van der Waals surface area contributed by atoms with E-state index in [-0.39, 0.29) is 10.8 Å². The first-order valence-corrected chi connectivity index (χ1v) is 36.6. The van der Waals surface area contributed by atoms with Crippen LogP contribution >= 0.6 is 0 Å². The van der Waals surface area contributed by atoms with Crippen molar-refractivity contribution in [2.45, 2.75) is 88.9 Å². The summed E-state index contributed by atoms with van der Waals surface area (Å²) in [5.41, 5.74) is 24.5. The fourth-order valence-corrected chi connectivity index (χ4v) is 16.9. The van der Waals surface area contributed by atoms with Crippen molar-refractivity contribution in [3.05, 3.63) is 404 Å². The molecule has 8 heteroatoms. The molecule has 2 unspecified atom stereocenters. The van der Waals surface area contributed by atoms with Crippen LogP contribution in [0, 0.1) is 23.3 Å². The molecule has 2 atom stereocenters. The molecule has 0 aromatic heterocycles. The van der Waals surface area contributed by atoms with E-state index in [0.29, 0.717) is 22.7 Å². The second-order valence-corrected chi connectivity index (χ2v) is 30.8. The van der Waals surface area contributed by atoms with Crippen molar-refractivity contribution in [1.82, 2.24) is 0 Å². The highest BCUT2D eigenvalue weighted by Gasteiger charge is 2.49. The molecular formula is C98H76F4N2O2. The number of hydrogen-bond donors (Lipinski definition) is 0. The van der Waals surface area contributed by atoms with Crippen LogP contribution in [0.4, 0.5) is 51.7 Å². The molecule has 0 amide bonds. The van der Waals surface area contributed by atoms with Gasteiger partial charge in [0.25, 0.3) is 0 Å². The highest BCUT2D eigenvalue weighted by Crippen LogP contribution is 2.60. The number of fused-ring (bicyclic) bond motifs is 8. The maximum absolute atomic E-state index is 15.9. The molecule has 4 aliphatic rings. The van der Waals surface area contributed by atoms with Crippen molar-refractivity contribution in [1.29, 1.82) is 0 Å². The number of hydrogen-bond acceptors (Lipinski definition) is 4. The van der Waals surface area contributed by atoms with Crippen molar-refractivity contribution in [3.63, 3.8) is 0 Å². The lowest BCUT2D eigenvalue weighted by Gasteiger charge is -2.35. The summed E-state index contributed by atoms with van der Waals surface area (Å²) in [4.78, 5) is 3.97. The molecule has 0 N–H and O–H groups in total. The van der Waals surface area contributed by atoms with E-state index in [0.717, 1.165) is 138 Å². The molecule has 14 aromatic carbocycles. The third-order valence-corrected chi connectivity index (χ3v) is 22.6. The van der Waals surface area contributed by atoms with Gasteiger partial charge in [-0.1, -0.05) is 211 Å². The Morgan fingerprint density at radius 1 is 0.264 bits per heavy atom. The van der Waals surface area contributed by atoms with Crippen molar-refractivity contribution in [2.75, 3.05) is 9.80 Å². The topological polar surface area (TPSA) is 24.9 Å². The van der Waals surface area contributed by atoms with Gasteiger partial charge in [-0.05, 0) is 269 Å². The Morgan fingerprint density at radius 3 is 0.915 bits per heavy atom. The molecule has 0 aliphatic heterocycles. The molecule has 14 aromatic rings. The van der Waals surface area contributed by atoms with Gasteiger partial charge in [0.2, 0.25) is 0 Å². The summed E-state index contributed by atoms with van der Waals surface area (Å²) in [6, 6.07) is 102. The highest BCUT2D eigenvalue weighted by atomic mass is 19.2. The number of halogens is 4. The zero-order valence-corrected chi connectivity index (χ0v) is 59.9. The normalized spacial score (nSPS) is 15.8. The quantitative estimate of drug-likeness (QED) is 0.0955. The Labute approximate surface area is 617 Å². The third-order valence-electron chi connectivity index (χ3n) is 22.6. The van der Waals surface area contributed by atoms with Gasteiger partial charge in [0.1, 0.15) is 23.0 Å². The molecule has 0 radical (unpaired) electrons. The standard InChI is InChI=1S/C98H76F4N2O2/c1-95(2,3)67-25-29-69(30-26-67)97(71-33-47-79(48-34-71)105-81-45-23-63-15-17-65(63)55-81)87-13-9-7-11-83(87)85-51-41-75(57-89(85)97)103(77-43-53-91(99)93(101)59-77)73-37-19-61(20-38-73)62-21-39-74(40-22-62)104(78-44-54-92(100)94(102)60-78)76-42-52-86-84-12-8-10-14-88(84)98(90(86)58-76,70-31-27-68(28-32-70)96(4,5)6)72-35-49-80(50-36-72)106-82-46-24-64-16-18-66(64)56-82/h7-14,19-60H,15-18H2,1-6H3. The number of anilines is 6.